The van der Waals surface area contributed by atoms with Gasteiger partial charge in [-0.25, -0.2) is 0 Å². The standard InChI is InChI=1S/C10H17N3O2/c1-7(2)9(10(14)15-3)11-6-8-4-5-12-13-8/h4-5,7,9,11H,6H2,1-3H3,(H,12,13)/t9-/m0/s1. The molecule has 1 heterocycles. The van der Waals surface area contributed by atoms with E-state index >= 15 is 0 Å². The summed E-state index contributed by atoms with van der Waals surface area (Å²) in [6.07, 6.45) is 1.68. The van der Waals surface area contributed by atoms with Gasteiger partial charge in [0.2, 0.25) is 0 Å². The zero-order valence-corrected chi connectivity index (χ0v) is 9.28. The summed E-state index contributed by atoms with van der Waals surface area (Å²) in [6, 6.07) is 1.58. The van der Waals surface area contributed by atoms with Crippen molar-refractivity contribution in [2.24, 2.45) is 5.92 Å². The Bertz CT molecular complexity index is 296. The second-order valence-electron chi connectivity index (χ2n) is 3.71. The van der Waals surface area contributed by atoms with Gasteiger partial charge in [0.15, 0.2) is 0 Å². The number of rotatable bonds is 5. The molecule has 0 aliphatic carbocycles. The molecule has 0 saturated carbocycles. The van der Waals surface area contributed by atoms with Crippen LogP contribution in [0.3, 0.4) is 0 Å². The lowest BCUT2D eigenvalue weighted by Gasteiger charge is -2.19. The van der Waals surface area contributed by atoms with Crippen molar-refractivity contribution in [3.8, 4) is 0 Å². The molecule has 0 fully saturated rings. The maximum Gasteiger partial charge on any atom is 0.323 e. The fourth-order valence-corrected chi connectivity index (χ4v) is 1.32. The average Bonchev–Trinajstić information content (AvgIpc) is 2.70. The first-order chi connectivity index (χ1) is 7.15. The van der Waals surface area contributed by atoms with E-state index in [4.69, 9.17) is 4.74 Å². The predicted octanol–water partition coefficient (Wildman–Crippen LogP) is 0.697. The molecule has 1 aromatic rings. The Balaban J connectivity index is 2.49. The summed E-state index contributed by atoms with van der Waals surface area (Å²) in [7, 11) is 1.40. The number of methoxy groups -OCH3 is 1. The highest BCUT2D eigenvalue weighted by atomic mass is 16.5. The van der Waals surface area contributed by atoms with Crippen LogP contribution in [-0.4, -0.2) is 29.3 Å². The first-order valence-corrected chi connectivity index (χ1v) is 4.94. The largest absolute Gasteiger partial charge is 0.468 e. The molecule has 1 atom stereocenters. The minimum atomic E-state index is -0.279. The van der Waals surface area contributed by atoms with E-state index in [1.165, 1.54) is 7.11 Å². The van der Waals surface area contributed by atoms with Crippen LogP contribution in [0.5, 0.6) is 0 Å². The normalized spacial score (nSPS) is 12.8. The molecule has 0 saturated heterocycles. The minimum absolute atomic E-state index is 0.195. The van der Waals surface area contributed by atoms with Gasteiger partial charge in [-0.05, 0) is 12.0 Å². The van der Waals surface area contributed by atoms with Gasteiger partial charge in [0.25, 0.3) is 0 Å². The van der Waals surface area contributed by atoms with Crippen molar-refractivity contribution in [2.75, 3.05) is 7.11 Å². The molecule has 1 rings (SSSR count). The summed E-state index contributed by atoms with van der Waals surface area (Å²) in [4.78, 5) is 11.4. The molecule has 2 N–H and O–H groups in total. The summed E-state index contributed by atoms with van der Waals surface area (Å²) >= 11 is 0. The van der Waals surface area contributed by atoms with Gasteiger partial charge in [0, 0.05) is 18.4 Å². The van der Waals surface area contributed by atoms with Crippen LogP contribution in [0.4, 0.5) is 0 Å². The lowest BCUT2D eigenvalue weighted by Crippen LogP contribution is -2.41. The van der Waals surface area contributed by atoms with E-state index in [1.54, 1.807) is 6.20 Å². The number of H-pyrrole nitrogens is 1. The maximum atomic E-state index is 11.4. The van der Waals surface area contributed by atoms with Gasteiger partial charge in [-0.1, -0.05) is 13.8 Å². The Morgan fingerprint density at radius 3 is 2.87 bits per heavy atom. The Morgan fingerprint density at radius 2 is 2.40 bits per heavy atom. The van der Waals surface area contributed by atoms with Crippen molar-refractivity contribution < 1.29 is 9.53 Å². The van der Waals surface area contributed by atoms with Crippen molar-refractivity contribution in [1.82, 2.24) is 15.5 Å². The number of hydrogen-bond donors (Lipinski definition) is 2. The summed E-state index contributed by atoms with van der Waals surface area (Å²) in [6.45, 7) is 4.53. The lowest BCUT2D eigenvalue weighted by molar-refractivity contribution is -0.144. The molecule has 0 aliphatic heterocycles. The quantitative estimate of drug-likeness (QED) is 0.703. The minimum Gasteiger partial charge on any atom is -0.468 e. The molecule has 0 aromatic carbocycles. The third-order valence-electron chi connectivity index (χ3n) is 2.19. The van der Waals surface area contributed by atoms with Crippen molar-refractivity contribution >= 4 is 5.97 Å². The molecule has 0 bridgehead atoms. The fourth-order valence-electron chi connectivity index (χ4n) is 1.32. The molecule has 1 aromatic heterocycles. The number of carbonyl (C=O) groups excluding carboxylic acids is 1. The Morgan fingerprint density at radius 1 is 1.67 bits per heavy atom. The third kappa shape index (κ3) is 3.36. The molecular formula is C10H17N3O2. The lowest BCUT2D eigenvalue weighted by atomic mass is 10.0. The summed E-state index contributed by atoms with van der Waals surface area (Å²) in [5.41, 5.74) is 0.949. The number of aromatic nitrogens is 2. The third-order valence-corrected chi connectivity index (χ3v) is 2.19. The fraction of sp³-hybridized carbons (Fsp3) is 0.600. The van der Waals surface area contributed by atoms with Gasteiger partial charge in [0.05, 0.1) is 7.11 Å². The highest BCUT2D eigenvalue weighted by Gasteiger charge is 2.22. The molecule has 15 heavy (non-hydrogen) atoms. The average molecular weight is 211 g/mol. The number of esters is 1. The second kappa shape index (κ2) is 5.50. The molecule has 0 unspecified atom stereocenters. The highest BCUT2D eigenvalue weighted by molar-refractivity contribution is 5.75. The zero-order chi connectivity index (χ0) is 11.3. The molecule has 5 nitrogen and oxygen atoms in total. The molecule has 5 heteroatoms. The van der Waals surface area contributed by atoms with Crippen LogP contribution in [0, 0.1) is 5.92 Å². The number of nitrogens with zero attached hydrogens (tertiary/aromatic N) is 1. The van der Waals surface area contributed by atoms with E-state index < -0.39 is 0 Å². The Kier molecular flexibility index (Phi) is 4.30. The summed E-state index contributed by atoms with van der Waals surface area (Å²) < 4.78 is 4.72. The van der Waals surface area contributed by atoms with Gasteiger partial charge in [-0.3, -0.25) is 15.2 Å². The zero-order valence-electron chi connectivity index (χ0n) is 9.28. The van der Waals surface area contributed by atoms with E-state index in [-0.39, 0.29) is 17.9 Å². The summed E-state index contributed by atoms with van der Waals surface area (Å²) in [5, 5.41) is 9.78. The van der Waals surface area contributed by atoms with E-state index in [1.807, 2.05) is 19.9 Å². The number of carbonyl (C=O) groups is 1. The number of hydrogen-bond acceptors (Lipinski definition) is 4. The van der Waals surface area contributed by atoms with Crippen molar-refractivity contribution in [3.05, 3.63) is 18.0 Å². The van der Waals surface area contributed by atoms with Crippen LogP contribution in [0.2, 0.25) is 0 Å². The van der Waals surface area contributed by atoms with Gasteiger partial charge < -0.3 is 4.74 Å². The predicted molar refractivity (Wildman–Crippen MR) is 56.1 cm³/mol. The number of nitrogens with one attached hydrogen (secondary N) is 2. The van der Waals surface area contributed by atoms with E-state index in [9.17, 15) is 4.79 Å². The van der Waals surface area contributed by atoms with Crippen LogP contribution in [0.1, 0.15) is 19.5 Å². The molecule has 0 amide bonds. The highest BCUT2D eigenvalue weighted by Crippen LogP contribution is 2.04. The van der Waals surface area contributed by atoms with Gasteiger partial charge in [-0.15, -0.1) is 0 Å². The van der Waals surface area contributed by atoms with Crippen molar-refractivity contribution in [1.29, 1.82) is 0 Å². The number of aromatic amines is 1. The first-order valence-electron chi connectivity index (χ1n) is 4.94. The van der Waals surface area contributed by atoms with E-state index in [2.05, 4.69) is 15.5 Å². The van der Waals surface area contributed by atoms with Gasteiger partial charge >= 0.3 is 5.97 Å². The van der Waals surface area contributed by atoms with Gasteiger partial charge in [0.1, 0.15) is 6.04 Å². The van der Waals surface area contributed by atoms with Crippen LogP contribution in [-0.2, 0) is 16.1 Å². The molecule has 0 radical (unpaired) electrons. The van der Waals surface area contributed by atoms with Crippen molar-refractivity contribution in [3.63, 3.8) is 0 Å². The first kappa shape index (κ1) is 11.7. The summed E-state index contributed by atoms with van der Waals surface area (Å²) in [5.74, 6) is -0.0371. The van der Waals surface area contributed by atoms with Crippen molar-refractivity contribution in [2.45, 2.75) is 26.4 Å². The topological polar surface area (TPSA) is 67.0 Å². The molecule has 0 aliphatic rings. The van der Waals surface area contributed by atoms with Crippen LogP contribution < -0.4 is 5.32 Å². The van der Waals surface area contributed by atoms with Crippen LogP contribution in [0.25, 0.3) is 0 Å². The van der Waals surface area contributed by atoms with Gasteiger partial charge in [-0.2, -0.15) is 5.10 Å². The second-order valence-corrected chi connectivity index (χ2v) is 3.71. The number of ether oxygens (including phenoxy) is 1. The SMILES string of the molecule is COC(=O)[C@@H](NCc1ccn[nH]1)C(C)C. The molecular weight excluding hydrogens is 194 g/mol. The molecule has 84 valence electrons. The van der Waals surface area contributed by atoms with E-state index in [0.717, 1.165) is 5.69 Å². The molecule has 0 spiro atoms. The Labute approximate surface area is 89.2 Å². The maximum absolute atomic E-state index is 11.4. The smallest absolute Gasteiger partial charge is 0.323 e. The Hall–Kier alpha value is -1.36. The monoisotopic (exact) mass is 211 g/mol. The van der Waals surface area contributed by atoms with E-state index in [0.29, 0.717) is 6.54 Å². The van der Waals surface area contributed by atoms with Crippen LogP contribution in [0.15, 0.2) is 12.3 Å². The van der Waals surface area contributed by atoms with Crippen LogP contribution >= 0.6 is 0 Å².